The van der Waals surface area contributed by atoms with Crippen LogP contribution in [0.5, 0.6) is 5.88 Å². The summed E-state index contributed by atoms with van der Waals surface area (Å²) in [5.74, 6) is -0.236. The van der Waals surface area contributed by atoms with E-state index >= 15 is 0 Å². The van der Waals surface area contributed by atoms with Gasteiger partial charge in [-0.2, -0.15) is 4.98 Å². The molecule has 0 saturated heterocycles. The lowest BCUT2D eigenvalue weighted by Crippen LogP contribution is -2.45. The van der Waals surface area contributed by atoms with E-state index in [-0.39, 0.29) is 23.6 Å². The van der Waals surface area contributed by atoms with Crippen LogP contribution in [0.25, 0.3) is 6.08 Å². The maximum Gasteiger partial charge on any atom is 0.305 e. The van der Waals surface area contributed by atoms with Crippen LogP contribution in [-0.2, 0) is 17.6 Å². The van der Waals surface area contributed by atoms with Crippen molar-refractivity contribution < 1.29 is 19.1 Å². The highest BCUT2D eigenvalue weighted by atomic mass is 35.5. The number of nitrogens with one attached hydrogen (secondary N) is 1. The molecule has 0 saturated carbocycles. The van der Waals surface area contributed by atoms with Crippen molar-refractivity contribution in [3.05, 3.63) is 52.2 Å². The first-order valence-corrected chi connectivity index (χ1v) is 10.8. The second-order valence-electron chi connectivity index (χ2n) is 8.81. The number of quaternary nitrogens is 1. The number of halogens is 1. The average molecular weight is 446 g/mol. The van der Waals surface area contributed by atoms with Crippen LogP contribution in [0.2, 0.25) is 5.15 Å². The van der Waals surface area contributed by atoms with Crippen molar-refractivity contribution in [2.75, 3.05) is 39.6 Å². The first kappa shape index (κ1) is 23.0. The number of benzene rings is 1. The number of carboxylic acid groups (broad SMARTS) is 1. The molecule has 3 rings (SSSR count). The Kier molecular flexibility index (Phi) is 7.51. The summed E-state index contributed by atoms with van der Waals surface area (Å²) in [5.41, 5.74) is 4.04. The minimum Gasteiger partial charge on any atom is -0.481 e. The van der Waals surface area contributed by atoms with E-state index in [1.165, 1.54) is 16.7 Å². The molecule has 0 fully saturated rings. The smallest absolute Gasteiger partial charge is 0.305 e. The number of carbonyl (C=O) groups is 1. The number of allylic oxidation sites excluding steroid dienone is 1. The van der Waals surface area contributed by atoms with E-state index in [0.717, 1.165) is 19.3 Å². The largest absolute Gasteiger partial charge is 0.481 e. The Morgan fingerprint density at radius 1 is 1.32 bits per heavy atom. The van der Waals surface area contributed by atoms with Gasteiger partial charge in [0, 0.05) is 6.07 Å². The van der Waals surface area contributed by atoms with Crippen LogP contribution in [0.4, 0.5) is 5.95 Å². The predicted octanol–water partition coefficient (Wildman–Crippen LogP) is 3.67. The van der Waals surface area contributed by atoms with Gasteiger partial charge >= 0.3 is 5.97 Å². The minimum absolute atomic E-state index is 0.0442. The minimum atomic E-state index is -0.883. The maximum atomic E-state index is 11.2. The number of rotatable bonds is 11. The number of nitrogens with zero attached hydrogens (tertiary/aromatic N) is 3. The zero-order valence-corrected chi connectivity index (χ0v) is 19.0. The van der Waals surface area contributed by atoms with Crippen molar-refractivity contribution in [1.82, 2.24) is 9.97 Å². The highest BCUT2D eigenvalue weighted by Gasteiger charge is 2.22. The first-order valence-electron chi connectivity index (χ1n) is 10.4. The SMILES string of the molecule is C[N+](C)(C)CC(CC(=O)O)Nc1nc(Cl)cc(OCCCc2cccc3c2C=CC3)n1. The number of aliphatic carboxylic acids is 1. The lowest BCUT2D eigenvalue weighted by Gasteiger charge is -2.29. The van der Waals surface area contributed by atoms with Gasteiger partial charge in [0.25, 0.3) is 0 Å². The molecule has 2 aromatic rings. The molecule has 1 unspecified atom stereocenters. The van der Waals surface area contributed by atoms with E-state index in [1.54, 1.807) is 6.07 Å². The molecule has 0 spiro atoms. The Balaban J connectivity index is 1.58. The van der Waals surface area contributed by atoms with Crippen molar-refractivity contribution >= 4 is 29.6 Å². The molecule has 31 heavy (non-hydrogen) atoms. The van der Waals surface area contributed by atoms with Crippen LogP contribution in [0.15, 0.2) is 30.3 Å². The highest BCUT2D eigenvalue weighted by Crippen LogP contribution is 2.24. The average Bonchev–Trinajstić information content (AvgIpc) is 3.12. The fourth-order valence-corrected chi connectivity index (χ4v) is 3.94. The van der Waals surface area contributed by atoms with Crippen LogP contribution >= 0.6 is 11.6 Å². The summed E-state index contributed by atoms with van der Waals surface area (Å²) in [6, 6.07) is 7.67. The molecule has 0 aliphatic heterocycles. The first-order chi connectivity index (χ1) is 14.7. The molecule has 0 radical (unpaired) electrons. The van der Waals surface area contributed by atoms with Gasteiger partial charge in [-0.05, 0) is 36.0 Å². The van der Waals surface area contributed by atoms with Gasteiger partial charge in [-0.3, -0.25) is 4.79 Å². The predicted molar refractivity (Wildman–Crippen MR) is 123 cm³/mol. The zero-order valence-electron chi connectivity index (χ0n) is 18.3. The lowest BCUT2D eigenvalue weighted by atomic mass is 10.00. The number of anilines is 1. The number of ether oxygens (including phenoxy) is 1. The van der Waals surface area contributed by atoms with Crippen molar-refractivity contribution in [1.29, 1.82) is 0 Å². The van der Waals surface area contributed by atoms with Gasteiger partial charge in [0.2, 0.25) is 11.8 Å². The molecule has 2 N–H and O–H groups in total. The summed E-state index contributed by atoms with van der Waals surface area (Å²) in [7, 11) is 6.01. The number of hydrogen-bond acceptors (Lipinski definition) is 5. The number of carboxylic acids is 1. The van der Waals surface area contributed by atoms with Crippen LogP contribution in [0.3, 0.4) is 0 Å². The van der Waals surface area contributed by atoms with E-state index in [0.29, 0.717) is 23.5 Å². The molecule has 1 aromatic carbocycles. The Hall–Kier alpha value is -2.64. The molecule has 1 aliphatic carbocycles. The van der Waals surface area contributed by atoms with Gasteiger partial charge in [-0.25, -0.2) is 4.98 Å². The van der Waals surface area contributed by atoms with Crippen LogP contribution in [0, 0.1) is 0 Å². The van der Waals surface area contributed by atoms with Gasteiger partial charge in [-0.15, -0.1) is 0 Å². The summed E-state index contributed by atoms with van der Waals surface area (Å²) in [5, 5.41) is 12.6. The van der Waals surface area contributed by atoms with Crippen molar-refractivity contribution in [2.45, 2.75) is 31.7 Å². The molecule has 0 bridgehead atoms. The van der Waals surface area contributed by atoms with Gasteiger partial charge in [0.15, 0.2) is 0 Å². The Labute approximate surface area is 188 Å². The quantitative estimate of drug-likeness (QED) is 0.312. The van der Waals surface area contributed by atoms with E-state index in [2.05, 4.69) is 45.6 Å². The molecule has 1 aromatic heterocycles. The second kappa shape index (κ2) is 10.1. The zero-order chi connectivity index (χ0) is 22.4. The third-order valence-corrected chi connectivity index (χ3v) is 5.14. The standard InChI is InChI=1S/C23H29ClN4O3/c1-28(2,3)15-18(13-22(29)30)25-23-26-20(24)14-21(27-23)31-12-6-10-17-8-4-7-16-9-5-11-19(16)17/h4-5,7-8,11,14,18H,6,9-10,12-13,15H2,1-3H3,(H-,25,26,27,29,30)/p+1. The van der Waals surface area contributed by atoms with Crippen LogP contribution < -0.4 is 10.1 Å². The number of likely N-dealkylation sites (N-methyl/N-ethyl adjacent to an activating group) is 1. The fourth-order valence-electron chi connectivity index (χ4n) is 3.77. The van der Waals surface area contributed by atoms with E-state index in [1.807, 2.05) is 21.1 Å². The Bertz CT molecular complexity index is 956. The maximum absolute atomic E-state index is 11.2. The van der Waals surface area contributed by atoms with Gasteiger partial charge in [0.05, 0.1) is 46.8 Å². The summed E-state index contributed by atoms with van der Waals surface area (Å²) in [6.07, 6.45) is 7.11. The van der Waals surface area contributed by atoms with E-state index in [4.69, 9.17) is 16.3 Å². The third kappa shape index (κ3) is 7.22. The Morgan fingerprint density at radius 2 is 2.13 bits per heavy atom. The Morgan fingerprint density at radius 3 is 2.87 bits per heavy atom. The van der Waals surface area contributed by atoms with Crippen molar-refractivity contribution in [3.8, 4) is 5.88 Å². The van der Waals surface area contributed by atoms with Crippen molar-refractivity contribution in [3.63, 3.8) is 0 Å². The molecule has 166 valence electrons. The van der Waals surface area contributed by atoms with Crippen LogP contribution in [0.1, 0.15) is 29.5 Å². The number of fused-ring (bicyclic) bond motifs is 1. The van der Waals surface area contributed by atoms with E-state index in [9.17, 15) is 9.90 Å². The summed E-state index contributed by atoms with van der Waals surface area (Å²) < 4.78 is 6.42. The van der Waals surface area contributed by atoms with Crippen molar-refractivity contribution in [2.24, 2.45) is 0 Å². The monoisotopic (exact) mass is 445 g/mol. The molecule has 1 atom stereocenters. The third-order valence-electron chi connectivity index (χ3n) is 4.94. The second-order valence-corrected chi connectivity index (χ2v) is 9.20. The lowest BCUT2D eigenvalue weighted by molar-refractivity contribution is -0.870. The van der Waals surface area contributed by atoms with Gasteiger partial charge in [-0.1, -0.05) is 42.0 Å². The molecular formula is C23H30ClN4O3+. The van der Waals surface area contributed by atoms with Gasteiger partial charge < -0.3 is 19.6 Å². The highest BCUT2D eigenvalue weighted by molar-refractivity contribution is 6.29. The molecular weight excluding hydrogens is 416 g/mol. The van der Waals surface area contributed by atoms with E-state index < -0.39 is 5.97 Å². The molecule has 8 heteroatoms. The summed E-state index contributed by atoms with van der Waals surface area (Å²) >= 11 is 6.15. The number of hydrogen-bond donors (Lipinski definition) is 2. The molecule has 1 aliphatic rings. The van der Waals surface area contributed by atoms with Gasteiger partial charge in [0.1, 0.15) is 5.15 Å². The fraction of sp³-hybridized carbons (Fsp3) is 0.435. The summed E-state index contributed by atoms with van der Waals surface area (Å²) in [4.78, 5) is 19.8. The topological polar surface area (TPSA) is 84.3 Å². The summed E-state index contributed by atoms with van der Waals surface area (Å²) in [6.45, 7) is 1.09. The molecule has 7 nitrogen and oxygen atoms in total. The number of aryl methyl sites for hydroxylation is 1. The van der Waals surface area contributed by atoms with Crippen LogP contribution in [-0.4, -0.2) is 65.9 Å². The normalized spacial score (nSPS) is 13.7. The number of aromatic nitrogens is 2. The molecule has 0 amide bonds. The molecule has 1 heterocycles.